The van der Waals surface area contributed by atoms with Crippen LogP contribution in [-0.4, -0.2) is 47.6 Å². The summed E-state index contributed by atoms with van der Waals surface area (Å²) in [6.07, 6.45) is 0.0551. The van der Waals surface area contributed by atoms with Crippen molar-refractivity contribution in [2.45, 2.75) is 39.3 Å². The monoisotopic (exact) mass is 216 g/mol. The van der Waals surface area contributed by atoms with Gasteiger partial charge in [-0.3, -0.25) is 14.5 Å². The molecule has 15 heavy (non-hydrogen) atoms. The first-order valence-corrected chi connectivity index (χ1v) is 5.09. The van der Waals surface area contributed by atoms with Crippen LogP contribution < -0.4 is 5.32 Å². The van der Waals surface area contributed by atoms with Crippen molar-refractivity contribution in [1.29, 1.82) is 0 Å². The molecular formula is C10H20N2O3. The SMILES string of the molecule is CNC(=O)C(C)N(CCC(=O)O)C(C)C. The minimum Gasteiger partial charge on any atom is -0.481 e. The van der Waals surface area contributed by atoms with Crippen molar-refractivity contribution in [3.05, 3.63) is 0 Å². The second kappa shape index (κ2) is 6.40. The van der Waals surface area contributed by atoms with Crippen molar-refractivity contribution < 1.29 is 14.7 Å². The van der Waals surface area contributed by atoms with Crippen LogP contribution >= 0.6 is 0 Å². The summed E-state index contributed by atoms with van der Waals surface area (Å²) in [6.45, 7) is 6.06. The zero-order valence-corrected chi connectivity index (χ0v) is 9.78. The fraction of sp³-hybridized carbons (Fsp3) is 0.800. The lowest BCUT2D eigenvalue weighted by Crippen LogP contribution is -2.48. The Morgan fingerprint density at radius 1 is 1.33 bits per heavy atom. The molecule has 1 unspecified atom stereocenters. The maximum absolute atomic E-state index is 11.4. The van der Waals surface area contributed by atoms with Crippen molar-refractivity contribution in [3.63, 3.8) is 0 Å². The third kappa shape index (κ3) is 4.78. The number of nitrogens with one attached hydrogen (secondary N) is 1. The van der Waals surface area contributed by atoms with Gasteiger partial charge in [0.15, 0.2) is 0 Å². The molecular weight excluding hydrogens is 196 g/mol. The molecule has 0 spiro atoms. The smallest absolute Gasteiger partial charge is 0.304 e. The Bertz CT molecular complexity index is 229. The van der Waals surface area contributed by atoms with Gasteiger partial charge >= 0.3 is 5.97 Å². The second-order valence-electron chi connectivity index (χ2n) is 3.77. The number of amides is 1. The molecule has 0 aromatic carbocycles. The quantitative estimate of drug-likeness (QED) is 0.670. The summed E-state index contributed by atoms with van der Waals surface area (Å²) in [4.78, 5) is 23.7. The zero-order chi connectivity index (χ0) is 12.0. The Morgan fingerprint density at radius 2 is 1.87 bits per heavy atom. The van der Waals surface area contributed by atoms with Crippen LogP contribution in [0.25, 0.3) is 0 Å². The lowest BCUT2D eigenvalue weighted by atomic mass is 10.2. The number of carbonyl (C=O) groups excluding carboxylic acids is 1. The molecule has 5 nitrogen and oxygen atoms in total. The van der Waals surface area contributed by atoms with Gasteiger partial charge in [-0.1, -0.05) is 0 Å². The second-order valence-corrected chi connectivity index (χ2v) is 3.77. The number of carboxylic acids is 1. The van der Waals surface area contributed by atoms with Crippen LogP contribution in [0.15, 0.2) is 0 Å². The van der Waals surface area contributed by atoms with E-state index in [0.717, 1.165) is 0 Å². The molecule has 0 radical (unpaired) electrons. The first-order valence-electron chi connectivity index (χ1n) is 5.09. The molecule has 0 aliphatic heterocycles. The van der Waals surface area contributed by atoms with Gasteiger partial charge in [0.1, 0.15) is 0 Å². The average molecular weight is 216 g/mol. The lowest BCUT2D eigenvalue weighted by Gasteiger charge is -2.30. The Hall–Kier alpha value is -1.10. The van der Waals surface area contributed by atoms with E-state index in [4.69, 9.17) is 5.11 Å². The summed E-state index contributed by atoms with van der Waals surface area (Å²) in [5.41, 5.74) is 0. The molecule has 0 heterocycles. The molecule has 2 N–H and O–H groups in total. The molecule has 0 fully saturated rings. The highest BCUT2D eigenvalue weighted by molar-refractivity contribution is 5.81. The largest absolute Gasteiger partial charge is 0.481 e. The highest BCUT2D eigenvalue weighted by atomic mass is 16.4. The van der Waals surface area contributed by atoms with E-state index in [2.05, 4.69) is 5.32 Å². The van der Waals surface area contributed by atoms with Crippen LogP contribution in [0.5, 0.6) is 0 Å². The van der Waals surface area contributed by atoms with Crippen LogP contribution in [0, 0.1) is 0 Å². The fourth-order valence-electron chi connectivity index (χ4n) is 1.48. The first kappa shape index (κ1) is 13.9. The van der Waals surface area contributed by atoms with Gasteiger partial charge in [-0.15, -0.1) is 0 Å². The van der Waals surface area contributed by atoms with Gasteiger partial charge in [-0.2, -0.15) is 0 Å². The summed E-state index contributed by atoms with van der Waals surface area (Å²) >= 11 is 0. The molecule has 0 aromatic heterocycles. The van der Waals surface area contributed by atoms with E-state index in [9.17, 15) is 9.59 Å². The van der Waals surface area contributed by atoms with Crippen LogP contribution in [0.4, 0.5) is 0 Å². The molecule has 0 aromatic rings. The summed E-state index contributed by atoms with van der Waals surface area (Å²) in [6, 6.07) is -0.147. The van der Waals surface area contributed by atoms with E-state index < -0.39 is 5.97 Å². The number of likely N-dealkylation sites (N-methyl/N-ethyl adjacent to an activating group) is 1. The summed E-state index contributed by atoms with van der Waals surface area (Å²) in [5, 5.41) is 11.2. The maximum Gasteiger partial charge on any atom is 0.304 e. The molecule has 0 saturated heterocycles. The van der Waals surface area contributed by atoms with E-state index in [-0.39, 0.29) is 24.4 Å². The van der Waals surface area contributed by atoms with Crippen molar-refractivity contribution in [3.8, 4) is 0 Å². The van der Waals surface area contributed by atoms with E-state index in [1.54, 1.807) is 14.0 Å². The highest BCUT2D eigenvalue weighted by Gasteiger charge is 2.22. The van der Waals surface area contributed by atoms with Gasteiger partial charge in [-0.25, -0.2) is 0 Å². The van der Waals surface area contributed by atoms with E-state index >= 15 is 0 Å². The van der Waals surface area contributed by atoms with Gasteiger partial charge in [-0.05, 0) is 20.8 Å². The summed E-state index contributed by atoms with van der Waals surface area (Å²) in [5.74, 6) is -0.932. The standard InChI is InChI=1S/C10H20N2O3/c1-7(2)12(6-5-9(13)14)8(3)10(15)11-4/h7-8H,5-6H2,1-4H3,(H,11,15)(H,13,14). The molecule has 0 aliphatic rings. The van der Waals surface area contributed by atoms with Gasteiger partial charge in [0.25, 0.3) is 0 Å². The minimum absolute atomic E-state index is 0.0551. The minimum atomic E-state index is -0.843. The van der Waals surface area contributed by atoms with Gasteiger partial charge in [0.05, 0.1) is 12.5 Å². The molecule has 88 valence electrons. The van der Waals surface area contributed by atoms with Crippen LogP contribution in [-0.2, 0) is 9.59 Å². The van der Waals surface area contributed by atoms with Gasteiger partial charge in [0, 0.05) is 19.6 Å². The Labute approximate surface area is 90.5 Å². The average Bonchev–Trinajstić information content (AvgIpc) is 2.15. The Balaban J connectivity index is 4.38. The Kier molecular flexibility index (Phi) is 5.93. The topological polar surface area (TPSA) is 69.6 Å². The molecule has 0 aliphatic carbocycles. The third-order valence-corrected chi connectivity index (χ3v) is 2.37. The van der Waals surface area contributed by atoms with Crippen molar-refractivity contribution in [2.75, 3.05) is 13.6 Å². The lowest BCUT2D eigenvalue weighted by molar-refractivity contribution is -0.138. The number of nitrogens with zero attached hydrogens (tertiary/aromatic N) is 1. The predicted octanol–water partition coefficient (Wildman–Crippen LogP) is 0.306. The molecule has 5 heteroatoms. The van der Waals surface area contributed by atoms with Crippen molar-refractivity contribution in [1.82, 2.24) is 10.2 Å². The summed E-state index contributed by atoms with van der Waals surface area (Å²) in [7, 11) is 1.58. The number of hydrogen-bond acceptors (Lipinski definition) is 3. The molecule has 0 rings (SSSR count). The number of carbonyl (C=O) groups is 2. The zero-order valence-electron chi connectivity index (χ0n) is 9.78. The fourth-order valence-corrected chi connectivity index (χ4v) is 1.48. The van der Waals surface area contributed by atoms with Crippen molar-refractivity contribution in [2.24, 2.45) is 0 Å². The number of rotatable bonds is 6. The normalized spacial score (nSPS) is 12.9. The van der Waals surface area contributed by atoms with Gasteiger partial charge in [0.2, 0.25) is 5.91 Å². The molecule has 1 atom stereocenters. The molecule has 0 bridgehead atoms. The predicted molar refractivity (Wildman–Crippen MR) is 57.6 cm³/mol. The van der Waals surface area contributed by atoms with Crippen molar-refractivity contribution >= 4 is 11.9 Å². The van der Waals surface area contributed by atoms with E-state index in [0.29, 0.717) is 6.54 Å². The van der Waals surface area contributed by atoms with Crippen LogP contribution in [0.3, 0.4) is 0 Å². The number of carboxylic acid groups (broad SMARTS) is 1. The number of hydrogen-bond donors (Lipinski definition) is 2. The third-order valence-electron chi connectivity index (χ3n) is 2.37. The summed E-state index contributed by atoms with van der Waals surface area (Å²) < 4.78 is 0. The first-order chi connectivity index (χ1) is 6.90. The molecule has 0 saturated carbocycles. The molecule has 1 amide bonds. The van der Waals surface area contributed by atoms with Crippen LogP contribution in [0.2, 0.25) is 0 Å². The Morgan fingerprint density at radius 3 is 2.20 bits per heavy atom. The van der Waals surface area contributed by atoms with Crippen LogP contribution in [0.1, 0.15) is 27.2 Å². The number of aliphatic carboxylic acids is 1. The van der Waals surface area contributed by atoms with Gasteiger partial charge < -0.3 is 10.4 Å². The highest BCUT2D eigenvalue weighted by Crippen LogP contribution is 2.06. The van der Waals surface area contributed by atoms with E-state index in [1.807, 2.05) is 18.7 Å². The van der Waals surface area contributed by atoms with E-state index in [1.165, 1.54) is 0 Å². The maximum atomic E-state index is 11.4.